The highest BCUT2D eigenvalue weighted by Gasteiger charge is 2.10. The van der Waals surface area contributed by atoms with E-state index in [0.29, 0.717) is 36.8 Å². The predicted octanol–water partition coefficient (Wildman–Crippen LogP) is 5.84. The predicted molar refractivity (Wildman–Crippen MR) is 76.6 cm³/mol. The van der Waals surface area contributed by atoms with Gasteiger partial charge in [0, 0.05) is 15.6 Å². The van der Waals surface area contributed by atoms with E-state index in [9.17, 15) is 0 Å². The molecule has 0 radical (unpaired) electrons. The first kappa shape index (κ1) is 13.5. The summed E-state index contributed by atoms with van der Waals surface area (Å²) in [4.78, 5) is 0. The maximum Gasteiger partial charge on any atom is 0.0992 e. The lowest BCUT2D eigenvalue weighted by molar-refractivity contribution is 1.48. The second-order valence-corrected chi connectivity index (χ2v) is 5.25. The molecule has 90 valence electrons. The molecule has 18 heavy (non-hydrogen) atoms. The molecule has 0 unspecified atom stereocenters. The first-order valence-electron chi connectivity index (χ1n) is 4.87. The third-order valence-corrected chi connectivity index (χ3v) is 3.57. The van der Waals surface area contributed by atoms with E-state index >= 15 is 0 Å². The van der Waals surface area contributed by atoms with Crippen molar-refractivity contribution in [3.8, 4) is 17.2 Å². The second-order valence-electron chi connectivity index (χ2n) is 3.59. The van der Waals surface area contributed by atoms with Crippen LogP contribution in [0.5, 0.6) is 0 Å². The molecular formula is C13H5Cl4N. The highest BCUT2D eigenvalue weighted by molar-refractivity contribution is 6.45. The van der Waals surface area contributed by atoms with Crippen LogP contribution >= 0.6 is 46.4 Å². The van der Waals surface area contributed by atoms with Gasteiger partial charge < -0.3 is 0 Å². The smallest absolute Gasteiger partial charge is 0.0992 e. The minimum absolute atomic E-state index is 0.359. The van der Waals surface area contributed by atoms with E-state index < -0.39 is 0 Å². The van der Waals surface area contributed by atoms with Crippen molar-refractivity contribution in [2.24, 2.45) is 0 Å². The summed E-state index contributed by atoms with van der Waals surface area (Å²) in [5.74, 6) is 0. The Hall–Kier alpha value is -0.910. The van der Waals surface area contributed by atoms with Crippen LogP contribution < -0.4 is 0 Å². The summed E-state index contributed by atoms with van der Waals surface area (Å²) in [6.45, 7) is 0. The van der Waals surface area contributed by atoms with Crippen molar-refractivity contribution in [2.75, 3.05) is 0 Å². The van der Waals surface area contributed by atoms with E-state index in [-0.39, 0.29) is 0 Å². The van der Waals surface area contributed by atoms with Gasteiger partial charge in [-0.15, -0.1) is 0 Å². The molecule has 0 N–H and O–H groups in total. The molecule has 0 saturated heterocycles. The van der Waals surface area contributed by atoms with Crippen LogP contribution in [0.3, 0.4) is 0 Å². The zero-order valence-electron chi connectivity index (χ0n) is 8.85. The van der Waals surface area contributed by atoms with Gasteiger partial charge in [0.1, 0.15) is 0 Å². The minimum atomic E-state index is 0.359. The molecule has 0 spiro atoms. The average molecular weight is 317 g/mol. The largest absolute Gasteiger partial charge is 0.192 e. The highest BCUT2D eigenvalue weighted by Crippen LogP contribution is 2.37. The van der Waals surface area contributed by atoms with Gasteiger partial charge in [-0.25, -0.2) is 0 Å². The molecule has 0 fully saturated rings. The lowest BCUT2D eigenvalue weighted by Crippen LogP contribution is -1.84. The Bertz CT molecular complexity index is 659. The zero-order chi connectivity index (χ0) is 13.3. The van der Waals surface area contributed by atoms with E-state index in [1.54, 1.807) is 30.3 Å². The SMILES string of the molecule is N#Cc1cc(Cl)cc(-c2cc(Cl)cc(Cl)c2Cl)c1. The number of nitrogens with zero attached hydrogens (tertiary/aromatic N) is 1. The van der Waals surface area contributed by atoms with Gasteiger partial charge in [-0.2, -0.15) is 5.26 Å². The molecule has 2 aromatic rings. The van der Waals surface area contributed by atoms with Crippen LogP contribution in [0.15, 0.2) is 30.3 Å². The Morgan fingerprint density at radius 1 is 0.833 bits per heavy atom. The zero-order valence-corrected chi connectivity index (χ0v) is 11.9. The summed E-state index contributed by atoms with van der Waals surface area (Å²) in [6, 6.07) is 10.2. The van der Waals surface area contributed by atoms with Crippen LogP contribution in [0, 0.1) is 11.3 Å². The van der Waals surface area contributed by atoms with Gasteiger partial charge in [-0.3, -0.25) is 0 Å². The van der Waals surface area contributed by atoms with Gasteiger partial charge in [0.15, 0.2) is 0 Å². The number of halogens is 4. The molecular weight excluding hydrogens is 312 g/mol. The molecule has 0 aliphatic rings. The highest BCUT2D eigenvalue weighted by atomic mass is 35.5. The average Bonchev–Trinajstić information content (AvgIpc) is 2.32. The molecule has 0 atom stereocenters. The number of rotatable bonds is 1. The van der Waals surface area contributed by atoms with Gasteiger partial charge in [0.25, 0.3) is 0 Å². The molecule has 0 amide bonds. The molecule has 0 bridgehead atoms. The van der Waals surface area contributed by atoms with Crippen LogP contribution in [0.4, 0.5) is 0 Å². The van der Waals surface area contributed by atoms with Crippen molar-refractivity contribution < 1.29 is 0 Å². The molecule has 2 aromatic carbocycles. The van der Waals surface area contributed by atoms with E-state index in [1.165, 1.54) is 0 Å². The summed E-state index contributed by atoms with van der Waals surface area (Å²) in [7, 11) is 0. The van der Waals surface area contributed by atoms with Gasteiger partial charge in [0.2, 0.25) is 0 Å². The van der Waals surface area contributed by atoms with Crippen molar-refractivity contribution in [2.45, 2.75) is 0 Å². The fourth-order valence-corrected chi connectivity index (χ4v) is 2.52. The molecule has 0 saturated carbocycles. The van der Waals surface area contributed by atoms with E-state index in [0.717, 1.165) is 0 Å². The van der Waals surface area contributed by atoms with Crippen LogP contribution in [0.25, 0.3) is 11.1 Å². The first-order chi connectivity index (χ1) is 8.51. The van der Waals surface area contributed by atoms with Crippen LogP contribution in [-0.2, 0) is 0 Å². The molecule has 2 rings (SSSR count). The lowest BCUT2D eigenvalue weighted by Gasteiger charge is -2.08. The molecule has 0 aromatic heterocycles. The quantitative estimate of drug-likeness (QED) is 0.606. The van der Waals surface area contributed by atoms with Gasteiger partial charge in [-0.1, -0.05) is 46.4 Å². The van der Waals surface area contributed by atoms with Crippen molar-refractivity contribution in [3.05, 3.63) is 56.0 Å². The molecule has 0 heterocycles. The molecule has 0 aliphatic heterocycles. The number of benzene rings is 2. The van der Waals surface area contributed by atoms with Crippen LogP contribution in [-0.4, -0.2) is 0 Å². The van der Waals surface area contributed by atoms with Crippen LogP contribution in [0.1, 0.15) is 5.56 Å². The molecule has 5 heteroatoms. The van der Waals surface area contributed by atoms with Crippen LogP contribution in [0.2, 0.25) is 20.1 Å². The fourth-order valence-electron chi connectivity index (χ4n) is 1.58. The summed E-state index contributed by atoms with van der Waals surface area (Å²) in [5.41, 5.74) is 1.80. The summed E-state index contributed by atoms with van der Waals surface area (Å²) in [5, 5.41) is 10.6. The van der Waals surface area contributed by atoms with Crippen molar-refractivity contribution in [3.63, 3.8) is 0 Å². The molecule has 1 nitrogen and oxygen atoms in total. The third-order valence-electron chi connectivity index (χ3n) is 2.33. The number of hydrogen-bond acceptors (Lipinski definition) is 1. The number of hydrogen-bond donors (Lipinski definition) is 0. The summed E-state index contributed by atoms with van der Waals surface area (Å²) < 4.78 is 0. The summed E-state index contributed by atoms with van der Waals surface area (Å²) in [6.07, 6.45) is 0. The van der Waals surface area contributed by atoms with Gasteiger partial charge in [0.05, 0.1) is 21.7 Å². The van der Waals surface area contributed by atoms with Crippen molar-refractivity contribution in [1.82, 2.24) is 0 Å². The van der Waals surface area contributed by atoms with Gasteiger partial charge in [-0.05, 0) is 35.9 Å². The fraction of sp³-hybridized carbons (Fsp3) is 0. The number of nitriles is 1. The Labute approximate surface area is 124 Å². The van der Waals surface area contributed by atoms with E-state index in [4.69, 9.17) is 51.7 Å². The second kappa shape index (κ2) is 5.38. The molecule has 0 aliphatic carbocycles. The Morgan fingerprint density at radius 2 is 1.50 bits per heavy atom. The monoisotopic (exact) mass is 315 g/mol. The standard InChI is InChI=1S/C13H5Cl4N/c14-9-2-7(6-18)1-8(3-9)11-4-10(15)5-12(16)13(11)17/h1-5H. The summed E-state index contributed by atoms with van der Waals surface area (Å²) >= 11 is 24.0. The minimum Gasteiger partial charge on any atom is -0.192 e. The van der Waals surface area contributed by atoms with Gasteiger partial charge >= 0.3 is 0 Å². The Morgan fingerprint density at radius 3 is 2.17 bits per heavy atom. The van der Waals surface area contributed by atoms with Crippen molar-refractivity contribution in [1.29, 1.82) is 5.26 Å². The Kier molecular flexibility index (Phi) is 4.04. The normalized spacial score (nSPS) is 10.2. The van der Waals surface area contributed by atoms with Crippen molar-refractivity contribution >= 4 is 46.4 Å². The maximum absolute atomic E-state index is 8.92. The first-order valence-corrected chi connectivity index (χ1v) is 6.38. The van der Waals surface area contributed by atoms with E-state index in [1.807, 2.05) is 6.07 Å². The Balaban J connectivity index is 2.69. The topological polar surface area (TPSA) is 23.8 Å². The van der Waals surface area contributed by atoms with E-state index in [2.05, 4.69) is 0 Å². The maximum atomic E-state index is 8.92. The lowest BCUT2D eigenvalue weighted by atomic mass is 10.0. The third kappa shape index (κ3) is 2.74.